The number of hydrogen-bond donors (Lipinski definition) is 3. The van der Waals surface area contributed by atoms with Crippen molar-refractivity contribution in [1.82, 2.24) is 25.1 Å². The van der Waals surface area contributed by atoms with Crippen molar-refractivity contribution >= 4 is 40.0 Å². The zero-order valence-electron chi connectivity index (χ0n) is 28.8. The lowest BCUT2D eigenvalue weighted by molar-refractivity contribution is -0.125. The van der Waals surface area contributed by atoms with Crippen LogP contribution in [0.1, 0.15) is 95.0 Å². The van der Waals surface area contributed by atoms with Crippen molar-refractivity contribution in [2.24, 2.45) is 0 Å². The molecule has 258 valence electrons. The van der Waals surface area contributed by atoms with Crippen LogP contribution in [0.3, 0.4) is 0 Å². The van der Waals surface area contributed by atoms with Crippen LogP contribution in [0.15, 0.2) is 6.07 Å². The van der Waals surface area contributed by atoms with E-state index in [2.05, 4.69) is 33.2 Å². The molecule has 1 spiro atoms. The maximum atomic E-state index is 13.9. The highest BCUT2D eigenvalue weighted by Gasteiger charge is 2.54. The summed E-state index contributed by atoms with van der Waals surface area (Å²) >= 11 is 1.36. The normalized spacial score (nSPS) is 24.1. The molecule has 1 saturated carbocycles. The highest BCUT2D eigenvalue weighted by Crippen LogP contribution is 2.47. The SMILES string of the molecule is C[C@H](Oc1cc(N2CCN(C(=O)OC(C)(C)C)C3(CC3)C2)nc(C(=N)NC(=O)[C@@]2(C)CCCc3sc(N)c(C#N)c32)n1)[C@@H]1CCCN1C. The molecule has 3 fully saturated rings. The van der Waals surface area contributed by atoms with Gasteiger partial charge in [-0.3, -0.25) is 20.0 Å². The van der Waals surface area contributed by atoms with Crippen molar-refractivity contribution in [3.63, 3.8) is 0 Å². The first kappa shape index (κ1) is 33.9. The van der Waals surface area contributed by atoms with Gasteiger partial charge in [0.05, 0.1) is 16.5 Å². The van der Waals surface area contributed by atoms with Crippen molar-refractivity contribution in [2.75, 3.05) is 43.9 Å². The number of thiophene rings is 1. The van der Waals surface area contributed by atoms with Crippen LogP contribution in [0.4, 0.5) is 15.6 Å². The Morgan fingerprint density at radius 2 is 1.96 bits per heavy atom. The third kappa shape index (κ3) is 6.42. The van der Waals surface area contributed by atoms with Gasteiger partial charge in [-0.25, -0.2) is 9.78 Å². The van der Waals surface area contributed by atoms with Gasteiger partial charge in [-0.15, -0.1) is 11.3 Å². The lowest BCUT2D eigenvalue weighted by Crippen LogP contribution is -2.58. The number of nitrogens with zero attached hydrogens (tertiary/aromatic N) is 6. The van der Waals surface area contributed by atoms with Crippen LogP contribution in [0.5, 0.6) is 5.88 Å². The van der Waals surface area contributed by atoms with E-state index in [0.717, 1.165) is 49.9 Å². The number of piperazine rings is 1. The van der Waals surface area contributed by atoms with E-state index < -0.39 is 16.9 Å². The van der Waals surface area contributed by atoms with Crippen LogP contribution in [0, 0.1) is 16.7 Å². The molecule has 0 radical (unpaired) electrons. The molecular formula is C34H47N9O4S. The number of hydrogen-bond acceptors (Lipinski definition) is 12. The summed E-state index contributed by atoms with van der Waals surface area (Å²) in [5.41, 5.74) is 5.21. The Kier molecular flexibility index (Phi) is 8.83. The van der Waals surface area contributed by atoms with Gasteiger partial charge >= 0.3 is 6.09 Å². The Morgan fingerprint density at radius 1 is 1.21 bits per heavy atom. The maximum absolute atomic E-state index is 13.9. The van der Waals surface area contributed by atoms with E-state index in [4.69, 9.17) is 25.6 Å². The number of nitriles is 1. The number of likely N-dealkylation sites (N-methyl/N-ethyl adjacent to an activating group) is 1. The van der Waals surface area contributed by atoms with E-state index in [-0.39, 0.29) is 35.4 Å². The van der Waals surface area contributed by atoms with Crippen LogP contribution in [0.25, 0.3) is 0 Å². The molecule has 4 N–H and O–H groups in total. The summed E-state index contributed by atoms with van der Waals surface area (Å²) in [4.78, 5) is 43.6. The number of aromatic nitrogens is 2. The zero-order chi connectivity index (χ0) is 34.6. The molecule has 4 aliphatic rings. The standard InChI is InChI=1S/C34H47N9O4S/c1-20(22-9-8-14-41(22)6)46-25-17-24(42-15-16-43(34(19-42)12-13-34)31(45)47-32(2,3)4)38-29(39-25)27(36)40-30(44)33(5)11-7-10-23-26(33)21(18-35)28(37)48-23/h17,20,22H,7-16,19,37H2,1-6H3,(H2,36,40,44)/t20-,22-,33-/m0/s1. The van der Waals surface area contributed by atoms with E-state index in [1.165, 1.54) is 11.3 Å². The fraction of sp³-hybridized carbons (Fsp3) is 0.647. The summed E-state index contributed by atoms with van der Waals surface area (Å²) < 4.78 is 12.2. The van der Waals surface area contributed by atoms with Crippen molar-refractivity contribution in [2.45, 2.75) is 108 Å². The summed E-state index contributed by atoms with van der Waals surface area (Å²) in [6.45, 7) is 12.0. The molecule has 14 heteroatoms. The maximum Gasteiger partial charge on any atom is 0.410 e. The average Bonchev–Trinajstić information content (AvgIpc) is 3.47. The van der Waals surface area contributed by atoms with Crippen LogP contribution >= 0.6 is 11.3 Å². The molecule has 2 aromatic rings. The van der Waals surface area contributed by atoms with Gasteiger partial charge in [0.15, 0.2) is 5.84 Å². The first-order chi connectivity index (χ1) is 22.6. The smallest absolute Gasteiger partial charge is 0.410 e. The number of aryl methyl sites for hydroxylation is 1. The number of carbonyl (C=O) groups excluding carboxylic acids is 2. The predicted octanol–water partition coefficient (Wildman–Crippen LogP) is 4.18. The number of amides is 2. The summed E-state index contributed by atoms with van der Waals surface area (Å²) in [7, 11) is 2.09. The number of nitrogen functional groups attached to an aromatic ring is 1. The van der Waals surface area contributed by atoms with Gasteiger partial charge in [0.25, 0.3) is 0 Å². The average molecular weight is 678 g/mol. The Hall–Kier alpha value is -3.96. The van der Waals surface area contributed by atoms with Crippen LogP contribution in [-0.4, -0.2) is 94.1 Å². The van der Waals surface area contributed by atoms with Crippen LogP contribution in [-0.2, 0) is 21.4 Å². The quantitative estimate of drug-likeness (QED) is 0.297. The largest absolute Gasteiger partial charge is 0.473 e. The van der Waals surface area contributed by atoms with Crippen molar-refractivity contribution in [3.05, 3.63) is 27.9 Å². The second-order valence-corrected chi connectivity index (χ2v) is 16.1. The number of likely N-dealkylation sites (tertiary alicyclic amines) is 1. The lowest BCUT2D eigenvalue weighted by Gasteiger charge is -2.43. The molecular weight excluding hydrogens is 630 g/mol. The number of nitrogens with two attached hydrogens (primary N) is 1. The fourth-order valence-corrected chi connectivity index (χ4v) is 8.71. The molecule has 2 aliphatic carbocycles. The number of carbonyl (C=O) groups is 2. The number of nitrogens with one attached hydrogen (secondary N) is 2. The third-order valence-corrected chi connectivity index (χ3v) is 11.3. The number of anilines is 2. The van der Waals surface area contributed by atoms with Gasteiger partial charge in [-0.1, -0.05) is 0 Å². The van der Waals surface area contributed by atoms with Crippen molar-refractivity contribution < 1.29 is 19.1 Å². The second kappa shape index (κ2) is 12.5. The predicted molar refractivity (Wildman–Crippen MR) is 184 cm³/mol. The lowest BCUT2D eigenvalue weighted by atomic mass is 9.72. The topological polar surface area (TPSA) is 174 Å². The Balaban J connectivity index is 1.27. The van der Waals surface area contributed by atoms with Gasteiger partial charge in [0, 0.05) is 42.2 Å². The molecule has 3 atom stereocenters. The first-order valence-electron chi connectivity index (χ1n) is 16.9. The minimum atomic E-state index is -1.03. The number of ether oxygens (including phenoxy) is 2. The highest BCUT2D eigenvalue weighted by atomic mass is 32.1. The van der Waals surface area contributed by atoms with Gasteiger partial charge in [-0.05, 0) is 93.2 Å². The van der Waals surface area contributed by atoms with E-state index in [1.54, 1.807) is 6.07 Å². The van der Waals surface area contributed by atoms with E-state index in [9.17, 15) is 14.9 Å². The molecule has 0 aromatic carbocycles. The van der Waals surface area contributed by atoms with Crippen molar-refractivity contribution in [3.8, 4) is 11.9 Å². The summed E-state index contributed by atoms with van der Waals surface area (Å²) in [5.74, 6) is 0.278. The molecule has 48 heavy (non-hydrogen) atoms. The molecule has 6 rings (SSSR count). The molecule has 2 saturated heterocycles. The monoisotopic (exact) mass is 677 g/mol. The number of rotatable bonds is 6. The number of fused-ring (bicyclic) bond motifs is 1. The van der Waals surface area contributed by atoms with Gasteiger partial charge < -0.3 is 25.4 Å². The Bertz CT molecular complexity index is 1660. The zero-order valence-corrected chi connectivity index (χ0v) is 29.6. The first-order valence-corrected chi connectivity index (χ1v) is 17.7. The summed E-state index contributed by atoms with van der Waals surface area (Å²) in [6.07, 6.45) is 5.41. The van der Waals surface area contributed by atoms with Gasteiger partial charge in [0.2, 0.25) is 17.6 Å². The van der Waals surface area contributed by atoms with Crippen LogP contribution in [0.2, 0.25) is 0 Å². The second-order valence-electron chi connectivity index (χ2n) is 14.9. The van der Waals surface area contributed by atoms with E-state index in [0.29, 0.717) is 53.9 Å². The molecule has 13 nitrogen and oxygen atoms in total. The number of amidine groups is 1. The molecule has 2 amide bonds. The minimum Gasteiger partial charge on any atom is -0.473 e. The highest BCUT2D eigenvalue weighted by molar-refractivity contribution is 7.16. The summed E-state index contributed by atoms with van der Waals surface area (Å²) in [5, 5.41) is 22.1. The third-order valence-electron chi connectivity index (χ3n) is 10.2. The van der Waals surface area contributed by atoms with E-state index in [1.807, 2.05) is 39.5 Å². The molecule has 0 bridgehead atoms. The van der Waals surface area contributed by atoms with Gasteiger partial charge in [0.1, 0.15) is 28.6 Å². The summed E-state index contributed by atoms with van der Waals surface area (Å²) in [6, 6.07) is 4.22. The Morgan fingerprint density at radius 3 is 2.60 bits per heavy atom. The molecule has 2 aliphatic heterocycles. The van der Waals surface area contributed by atoms with Crippen LogP contribution < -0.4 is 20.7 Å². The fourth-order valence-electron chi connectivity index (χ4n) is 7.52. The van der Waals surface area contributed by atoms with Gasteiger partial charge in [-0.2, -0.15) is 10.2 Å². The Labute approximate surface area is 286 Å². The molecule has 0 unspecified atom stereocenters. The van der Waals surface area contributed by atoms with Crippen molar-refractivity contribution in [1.29, 1.82) is 10.7 Å². The molecule has 4 heterocycles. The van der Waals surface area contributed by atoms with E-state index >= 15 is 0 Å². The molecule has 2 aromatic heterocycles. The minimum absolute atomic E-state index is 0.0345.